The summed E-state index contributed by atoms with van der Waals surface area (Å²) >= 11 is 5.94. The fourth-order valence-electron chi connectivity index (χ4n) is 1.62. The number of halogens is 6. The van der Waals surface area contributed by atoms with Gasteiger partial charge in [0.15, 0.2) is 0 Å². The number of nitrogens with zero attached hydrogens (tertiary/aromatic N) is 1. The van der Waals surface area contributed by atoms with Gasteiger partial charge in [-0.3, -0.25) is 0 Å². The van der Waals surface area contributed by atoms with E-state index in [1.807, 2.05) is 0 Å². The quantitative estimate of drug-likeness (QED) is 0.402. The summed E-state index contributed by atoms with van der Waals surface area (Å²) in [6.45, 7) is 0. The standard InChI is InChI=1S/C13H7ClF5NS/c14-11-6-8(13(17,18)19)5-10(20-11)7-1-3-9(4-2-7)21-12(15)16/h1-6,12H. The Morgan fingerprint density at radius 3 is 2.19 bits per heavy atom. The van der Waals surface area contributed by atoms with Crippen LogP contribution in [0, 0.1) is 0 Å². The molecule has 0 spiro atoms. The highest BCUT2D eigenvalue weighted by atomic mass is 35.5. The highest BCUT2D eigenvalue weighted by Gasteiger charge is 2.31. The second-order valence-corrected chi connectivity index (χ2v) is 5.42. The molecular weight excluding hydrogens is 333 g/mol. The van der Waals surface area contributed by atoms with Crippen LogP contribution >= 0.6 is 23.4 Å². The van der Waals surface area contributed by atoms with Crippen LogP contribution in [0.3, 0.4) is 0 Å². The van der Waals surface area contributed by atoms with Crippen molar-refractivity contribution < 1.29 is 22.0 Å². The van der Waals surface area contributed by atoms with Gasteiger partial charge in [-0.25, -0.2) is 4.98 Å². The van der Waals surface area contributed by atoms with Gasteiger partial charge in [-0.15, -0.1) is 0 Å². The van der Waals surface area contributed by atoms with Crippen LogP contribution in [-0.2, 0) is 6.18 Å². The zero-order valence-corrected chi connectivity index (χ0v) is 11.7. The van der Waals surface area contributed by atoms with Gasteiger partial charge in [-0.1, -0.05) is 35.5 Å². The van der Waals surface area contributed by atoms with E-state index in [4.69, 9.17) is 11.6 Å². The molecule has 0 saturated heterocycles. The van der Waals surface area contributed by atoms with Crippen LogP contribution in [0.4, 0.5) is 22.0 Å². The van der Waals surface area contributed by atoms with Crippen LogP contribution in [-0.4, -0.2) is 10.7 Å². The fourth-order valence-corrected chi connectivity index (χ4v) is 2.32. The summed E-state index contributed by atoms with van der Waals surface area (Å²) in [7, 11) is 0. The summed E-state index contributed by atoms with van der Waals surface area (Å²) in [4.78, 5) is 4.13. The fraction of sp³-hybridized carbons (Fsp3) is 0.154. The molecule has 0 aliphatic heterocycles. The first-order valence-corrected chi connectivity index (χ1v) is 6.81. The Morgan fingerprint density at radius 2 is 1.67 bits per heavy atom. The number of alkyl halides is 5. The van der Waals surface area contributed by atoms with E-state index >= 15 is 0 Å². The predicted molar refractivity (Wildman–Crippen MR) is 71.5 cm³/mol. The molecule has 2 aromatic rings. The summed E-state index contributed by atoms with van der Waals surface area (Å²) in [5.74, 6) is -2.56. The average molecular weight is 340 g/mol. The van der Waals surface area contributed by atoms with E-state index in [9.17, 15) is 22.0 Å². The number of hydrogen-bond donors (Lipinski definition) is 0. The van der Waals surface area contributed by atoms with Crippen LogP contribution in [0.15, 0.2) is 41.3 Å². The first-order chi connectivity index (χ1) is 9.75. The van der Waals surface area contributed by atoms with Crippen molar-refractivity contribution in [1.29, 1.82) is 0 Å². The number of thioether (sulfide) groups is 1. The third-order valence-electron chi connectivity index (χ3n) is 2.50. The van der Waals surface area contributed by atoms with Gasteiger partial charge in [0.2, 0.25) is 0 Å². The van der Waals surface area contributed by atoms with Crippen molar-refractivity contribution >= 4 is 23.4 Å². The molecule has 0 N–H and O–H groups in total. The maximum Gasteiger partial charge on any atom is 0.416 e. The molecular formula is C13H7ClF5NS. The van der Waals surface area contributed by atoms with Crippen molar-refractivity contribution in [3.63, 3.8) is 0 Å². The Bertz CT molecular complexity index is 627. The lowest BCUT2D eigenvalue weighted by molar-refractivity contribution is -0.137. The zero-order chi connectivity index (χ0) is 15.6. The Hall–Kier alpha value is -1.34. The Balaban J connectivity index is 2.35. The number of rotatable bonds is 3. The van der Waals surface area contributed by atoms with Gasteiger partial charge in [0.25, 0.3) is 5.76 Å². The first-order valence-electron chi connectivity index (χ1n) is 5.56. The van der Waals surface area contributed by atoms with E-state index in [0.29, 0.717) is 22.2 Å². The van der Waals surface area contributed by atoms with Gasteiger partial charge in [0.05, 0.1) is 11.3 Å². The molecule has 1 aromatic heterocycles. The highest BCUT2D eigenvalue weighted by molar-refractivity contribution is 7.99. The normalized spacial score (nSPS) is 12.0. The summed E-state index contributed by atoms with van der Waals surface area (Å²) in [6, 6.07) is 7.21. The molecule has 0 amide bonds. The maximum absolute atomic E-state index is 12.7. The molecule has 0 bridgehead atoms. The monoisotopic (exact) mass is 339 g/mol. The van der Waals surface area contributed by atoms with Crippen molar-refractivity contribution in [2.24, 2.45) is 0 Å². The predicted octanol–water partition coefficient (Wildman–Crippen LogP) is 5.74. The first kappa shape index (κ1) is 16.0. The lowest BCUT2D eigenvalue weighted by Crippen LogP contribution is -2.05. The molecule has 0 saturated carbocycles. The van der Waals surface area contributed by atoms with Crippen molar-refractivity contribution in [2.45, 2.75) is 16.8 Å². The highest BCUT2D eigenvalue weighted by Crippen LogP contribution is 2.34. The van der Waals surface area contributed by atoms with Crippen molar-refractivity contribution in [3.8, 4) is 11.3 Å². The van der Waals surface area contributed by atoms with Gasteiger partial charge in [0.1, 0.15) is 5.15 Å². The van der Waals surface area contributed by atoms with Crippen molar-refractivity contribution in [3.05, 3.63) is 47.1 Å². The molecule has 8 heteroatoms. The van der Waals surface area contributed by atoms with Gasteiger partial charge < -0.3 is 0 Å². The van der Waals surface area contributed by atoms with Gasteiger partial charge >= 0.3 is 6.18 Å². The van der Waals surface area contributed by atoms with Crippen molar-refractivity contribution in [1.82, 2.24) is 4.98 Å². The Kier molecular flexibility index (Phi) is 4.73. The lowest BCUT2D eigenvalue weighted by atomic mass is 10.1. The third kappa shape index (κ3) is 4.31. The molecule has 1 heterocycles. The average Bonchev–Trinajstić information content (AvgIpc) is 2.37. The number of aromatic nitrogens is 1. The molecule has 1 nitrogen and oxygen atoms in total. The molecule has 1 aromatic carbocycles. The molecule has 0 radical (unpaired) electrons. The van der Waals surface area contributed by atoms with E-state index in [1.165, 1.54) is 24.3 Å². The largest absolute Gasteiger partial charge is 0.416 e. The molecule has 0 aliphatic rings. The van der Waals surface area contributed by atoms with Gasteiger partial charge in [0, 0.05) is 10.5 Å². The molecule has 0 atom stereocenters. The topological polar surface area (TPSA) is 12.9 Å². The minimum Gasteiger partial charge on any atom is -0.236 e. The molecule has 2 rings (SSSR count). The maximum atomic E-state index is 12.7. The lowest BCUT2D eigenvalue weighted by Gasteiger charge is -2.09. The van der Waals surface area contributed by atoms with Crippen LogP contribution in [0.2, 0.25) is 5.15 Å². The van der Waals surface area contributed by atoms with E-state index in [2.05, 4.69) is 4.98 Å². The molecule has 21 heavy (non-hydrogen) atoms. The smallest absolute Gasteiger partial charge is 0.236 e. The summed E-state index contributed by atoms with van der Waals surface area (Å²) in [5.41, 5.74) is -0.520. The minimum absolute atomic E-state index is 0.0309. The Morgan fingerprint density at radius 1 is 1.05 bits per heavy atom. The zero-order valence-electron chi connectivity index (χ0n) is 10.2. The van der Waals surface area contributed by atoms with E-state index in [-0.39, 0.29) is 10.8 Å². The Labute approximate surface area is 126 Å². The summed E-state index contributed by atoms with van der Waals surface area (Å²) in [6.07, 6.45) is -4.53. The molecule has 0 fully saturated rings. The second-order valence-electron chi connectivity index (χ2n) is 3.96. The van der Waals surface area contributed by atoms with E-state index < -0.39 is 17.5 Å². The molecule has 0 unspecified atom stereocenters. The third-order valence-corrected chi connectivity index (χ3v) is 3.41. The molecule has 0 aliphatic carbocycles. The van der Waals surface area contributed by atoms with Crippen LogP contribution in [0.5, 0.6) is 0 Å². The van der Waals surface area contributed by atoms with Crippen LogP contribution in [0.25, 0.3) is 11.3 Å². The molecule has 112 valence electrons. The SMILES string of the molecule is FC(F)Sc1ccc(-c2cc(C(F)(F)F)cc(Cl)n2)cc1. The van der Waals surface area contributed by atoms with Crippen LogP contribution < -0.4 is 0 Å². The van der Waals surface area contributed by atoms with E-state index in [0.717, 1.165) is 12.1 Å². The number of hydrogen-bond acceptors (Lipinski definition) is 2. The second kappa shape index (κ2) is 6.19. The summed E-state index contributed by atoms with van der Waals surface area (Å²) in [5, 5.41) is -0.286. The van der Waals surface area contributed by atoms with E-state index in [1.54, 1.807) is 0 Å². The summed E-state index contributed by atoms with van der Waals surface area (Å²) < 4.78 is 62.5. The van der Waals surface area contributed by atoms with Gasteiger partial charge in [-0.05, 0) is 24.3 Å². The van der Waals surface area contributed by atoms with Crippen molar-refractivity contribution in [2.75, 3.05) is 0 Å². The number of benzene rings is 1. The van der Waals surface area contributed by atoms with Crippen LogP contribution in [0.1, 0.15) is 5.56 Å². The minimum atomic E-state index is -4.53. The van der Waals surface area contributed by atoms with Gasteiger partial charge in [-0.2, -0.15) is 22.0 Å². The number of pyridine rings is 1.